The molecule has 0 fully saturated rings. The lowest BCUT2D eigenvalue weighted by atomic mass is 10.3. The Hall–Kier alpha value is 0.950. The van der Waals surface area contributed by atoms with Crippen LogP contribution in [0.5, 0.6) is 0 Å². The second kappa shape index (κ2) is 8.96. The van der Waals surface area contributed by atoms with Gasteiger partial charge in [0.05, 0.1) is 0 Å². The molecule has 0 spiro atoms. The van der Waals surface area contributed by atoms with Gasteiger partial charge >= 0.3 is 8.69 Å². The summed E-state index contributed by atoms with van der Waals surface area (Å²) in [5, 5.41) is 0. The van der Waals surface area contributed by atoms with Crippen LogP contribution in [0.2, 0.25) is 0 Å². The molecule has 0 heterocycles. The van der Waals surface area contributed by atoms with E-state index in [0.717, 1.165) is 22.1 Å². The molecule has 4 nitrogen and oxygen atoms in total. The summed E-state index contributed by atoms with van der Waals surface area (Å²) >= 11 is 1.76. The van der Waals surface area contributed by atoms with Gasteiger partial charge in [0.2, 0.25) is 7.37 Å². The first-order valence-electron chi connectivity index (χ1n) is 5.03. The van der Waals surface area contributed by atoms with E-state index in [1.54, 1.807) is 0 Å². The van der Waals surface area contributed by atoms with Crippen LogP contribution in [0.1, 0.15) is 27.7 Å². The van der Waals surface area contributed by atoms with E-state index in [-0.39, 0.29) is 0 Å². The third-order valence-electron chi connectivity index (χ3n) is 1.55. The lowest BCUT2D eigenvalue weighted by molar-refractivity contribution is 0.492. The van der Waals surface area contributed by atoms with Crippen LogP contribution in [0.15, 0.2) is 0 Å². The molecule has 0 aliphatic rings. The summed E-state index contributed by atoms with van der Waals surface area (Å²) in [5.74, 6) is 0.662. The van der Waals surface area contributed by atoms with Crippen LogP contribution in [0.3, 0.4) is 0 Å². The quantitative estimate of drug-likeness (QED) is 0.265. The lowest BCUT2D eigenvalue weighted by Crippen LogP contribution is -2.06. The molecule has 0 bridgehead atoms. The Kier molecular flexibility index (Phi) is 9.49. The third-order valence-corrected chi connectivity index (χ3v) is 7.38. The van der Waals surface area contributed by atoms with Crippen molar-refractivity contribution in [3.63, 3.8) is 0 Å². The third kappa shape index (κ3) is 9.03. The number of hydrogen-bond acceptors (Lipinski definition) is 6. The molecular formula is C8H19O4P2S2+. The summed E-state index contributed by atoms with van der Waals surface area (Å²) in [4.78, 5) is 0. The van der Waals surface area contributed by atoms with Gasteiger partial charge in [0.15, 0.2) is 11.1 Å². The molecule has 0 aliphatic heterocycles. The molecule has 0 aromatic rings. The summed E-state index contributed by atoms with van der Waals surface area (Å²) in [6, 6.07) is 0. The molecule has 0 aromatic carbocycles. The van der Waals surface area contributed by atoms with E-state index in [4.69, 9.17) is 3.97 Å². The van der Waals surface area contributed by atoms with Crippen LogP contribution in [0.4, 0.5) is 0 Å². The molecule has 0 N–H and O–H groups in total. The van der Waals surface area contributed by atoms with Crippen molar-refractivity contribution in [3.8, 4) is 0 Å². The minimum absolute atomic E-state index is 0.331. The molecule has 1 unspecified atom stereocenters. The Morgan fingerprint density at radius 2 is 1.62 bits per heavy atom. The van der Waals surface area contributed by atoms with Crippen molar-refractivity contribution in [2.45, 2.75) is 27.7 Å². The summed E-state index contributed by atoms with van der Waals surface area (Å²) in [6.45, 7) is 8.07. The molecule has 0 rings (SSSR count). The predicted molar refractivity (Wildman–Crippen MR) is 73.4 cm³/mol. The Morgan fingerprint density at radius 1 is 1.12 bits per heavy atom. The average molecular weight is 305 g/mol. The topological polar surface area (TPSA) is 52.6 Å². The highest BCUT2D eigenvalue weighted by molar-refractivity contribution is 8.73. The second-order valence-electron chi connectivity index (χ2n) is 4.34. The monoisotopic (exact) mass is 305 g/mol. The zero-order chi connectivity index (χ0) is 12.6. The van der Waals surface area contributed by atoms with E-state index >= 15 is 0 Å². The molecule has 0 aromatic heterocycles. The fourth-order valence-corrected chi connectivity index (χ4v) is 6.69. The maximum atomic E-state index is 12.4. The van der Waals surface area contributed by atoms with Crippen LogP contribution in [0, 0.1) is 11.8 Å². The molecule has 8 heteroatoms. The molecular weight excluding hydrogens is 286 g/mol. The maximum Gasteiger partial charge on any atom is 0.507 e. The van der Waals surface area contributed by atoms with Crippen LogP contribution < -0.4 is 0 Å². The Labute approximate surface area is 107 Å². The molecule has 0 aliphatic carbocycles. The van der Waals surface area contributed by atoms with Crippen molar-refractivity contribution in [2.24, 2.45) is 11.8 Å². The van der Waals surface area contributed by atoms with Gasteiger partial charge in [-0.05, 0) is 16.4 Å². The van der Waals surface area contributed by atoms with E-state index in [2.05, 4.69) is 3.97 Å². The first-order valence-corrected chi connectivity index (χ1v) is 9.84. The average Bonchev–Trinajstić information content (AvgIpc) is 2.09. The zero-order valence-corrected chi connectivity index (χ0v) is 13.5. The molecule has 96 valence electrons. The molecule has 0 saturated carbocycles. The fraction of sp³-hybridized carbons (Fsp3) is 1.00. The van der Waals surface area contributed by atoms with Gasteiger partial charge in [-0.15, -0.1) is 0 Å². The molecule has 16 heavy (non-hydrogen) atoms. The van der Waals surface area contributed by atoms with Gasteiger partial charge in [-0.1, -0.05) is 31.7 Å². The first-order chi connectivity index (χ1) is 7.39. The van der Waals surface area contributed by atoms with Gasteiger partial charge in [-0.2, -0.15) is 0 Å². The number of hydrogen-bond donors (Lipinski definition) is 0. The van der Waals surface area contributed by atoms with E-state index in [1.165, 1.54) is 0 Å². The zero-order valence-electron chi connectivity index (χ0n) is 9.97. The van der Waals surface area contributed by atoms with Crippen molar-refractivity contribution in [2.75, 3.05) is 12.3 Å². The van der Waals surface area contributed by atoms with Gasteiger partial charge in [-0.3, -0.25) is 4.57 Å². The van der Waals surface area contributed by atoms with E-state index in [1.807, 2.05) is 27.7 Å². The van der Waals surface area contributed by atoms with Crippen LogP contribution in [0.25, 0.3) is 0 Å². The minimum atomic E-state index is -2.61. The van der Waals surface area contributed by atoms with Crippen LogP contribution in [-0.4, -0.2) is 12.3 Å². The van der Waals surface area contributed by atoms with Crippen LogP contribution in [-0.2, 0) is 17.1 Å². The van der Waals surface area contributed by atoms with Crippen molar-refractivity contribution in [1.29, 1.82) is 0 Å². The molecule has 1 atom stereocenters. The van der Waals surface area contributed by atoms with Gasteiger partial charge in [0.25, 0.3) is 0 Å². The van der Waals surface area contributed by atoms with Gasteiger partial charge < -0.3 is 0 Å². The van der Waals surface area contributed by atoms with E-state index < -0.39 is 16.1 Å². The SMILES string of the molecule is CC(C)CP(=O)(CC(C)C)OSSO[PH+]=O. The Bertz CT molecular complexity index is 234. The highest BCUT2D eigenvalue weighted by atomic mass is 33.1. The summed E-state index contributed by atoms with van der Waals surface area (Å²) in [7, 11) is -3.44. The lowest BCUT2D eigenvalue weighted by Gasteiger charge is -2.19. The maximum absolute atomic E-state index is 12.4. The first kappa shape index (κ1) is 16.9. The predicted octanol–water partition coefficient (Wildman–Crippen LogP) is 4.76. The van der Waals surface area contributed by atoms with Crippen molar-refractivity contribution >= 4 is 38.2 Å². The summed E-state index contributed by atoms with van der Waals surface area (Å²) in [5.41, 5.74) is 0. The van der Waals surface area contributed by atoms with Gasteiger partial charge in [0.1, 0.15) is 11.1 Å². The van der Waals surface area contributed by atoms with Crippen molar-refractivity contribution < 1.29 is 17.1 Å². The smallest absolute Gasteiger partial charge is 0.292 e. The largest absolute Gasteiger partial charge is 0.507 e. The van der Waals surface area contributed by atoms with Crippen LogP contribution >= 0.6 is 38.2 Å². The Morgan fingerprint density at radius 3 is 2.00 bits per heavy atom. The molecule has 0 radical (unpaired) electrons. The van der Waals surface area contributed by atoms with E-state index in [9.17, 15) is 9.13 Å². The minimum Gasteiger partial charge on any atom is -0.292 e. The normalized spacial score (nSPS) is 12.9. The molecule has 0 saturated heterocycles. The van der Waals surface area contributed by atoms with Crippen molar-refractivity contribution in [1.82, 2.24) is 0 Å². The van der Waals surface area contributed by atoms with Crippen molar-refractivity contribution in [3.05, 3.63) is 0 Å². The van der Waals surface area contributed by atoms with E-state index in [0.29, 0.717) is 24.2 Å². The standard InChI is InChI=1S/C8H19O4P2S2/c1-7(2)5-14(10,6-8(3)4)12-16-15-11-13-9/h7-8,13H,5-6H2,1-4H3/q+1. The fourth-order valence-electron chi connectivity index (χ4n) is 1.34. The van der Waals surface area contributed by atoms with Gasteiger partial charge in [-0.25, -0.2) is 3.97 Å². The molecule has 0 amide bonds. The number of rotatable bonds is 9. The Balaban J connectivity index is 4.19. The highest BCUT2D eigenvalue weighted by Crippen LogP contribution is 2.55. The summed E-state index contributed by atoms with van der Waals surface area (Å²) in [6.07, 6.45) is 1.14. The van der Waals surface area contributed by atoms with Gasteiger partial charge in [0, 0.05) is 12.3 Å². The highest BCUT2D eigenvalue weighted by Gasteiger charge is 2.27. The summed E-state index contributed by atoms with van der Waals surface area (Å²) < 4.78 is 32.3. The second-order valence-corrected chi connectivity index (χ2v) is 9.22.